The molecule has 1 atom stereocenters. The Balaban J connectivity index is 2.73. The Morgan fingerprint density at radius 1 is 1.29 bits per heavy atom. The van der Waals surface area contributed by atoms with Gasteiger partial charge >= 0.3 is 0 Å². The summed E-state index contributed by atoms with van der Waals surface area (Å²) < 4.78 is 10.1. The Morgan fingerprint density at radius 3 is 2.36 bits per heavy atom. The molecule has 0 aliphatic rings. The maximum atomic E-state index is 5.40. The van der Waals surface area contributed by atoms with Crippen LogP contribution in [0.15, 0.2) is 24.3 Å². The van der Waals surface area contributed by atoms with E-state index in [4.69, 9.17) is 15.3 Å². The third-order valence-electron chi connectivity index (χ3n) is 2.05. The minimum absolute atomic E-state index is 0.0194. The van der Waals surface area contributed by atoms with Crippen molar-refractivity contribution in [3.8, 4) is 5.75 Å². The lowest BCUT2D eigenvalue weighted by molar-refractivity contribution is 0.167. The van der Waals surface area contributed by atoms with Crippen LogP contribution in [0, 0.1) is 0 Å². The fraction of sp³-hybridized carbons (Fsp3) is 0.400. The number of benzene rings is 1. The summed E-state index contributed by atoms with van der Waals surface area (Å²) in [5, 5.41) is 0. The second-order valence-electron chi connectivity index (χ2n) is 2.95. The van der Waals surface area contributed by atoms with E-state index in [1.54, 1.807) is 14.2 Å². The zero-order chi connectivity index (χ0) is 10.4. The molecule has 0 spiro atoms. The Hall–Kier alpha value is -1.10. The second-order valence-corrected chi connectivity index (χ2v) is 2.95. The minimum Gasteiger partial charge on any atom is -0.497 e. The number of nitrogens with one attached hydrogen (secondary N) is 1. The highest BCUT2D eigenvalue weighted by molar-refractivity contribution is 5.29. The van der Waals surface area contributed by atoms with E-state index in [2.05, 4.69) is 5.43 Å². The van der Waals surface area contributed by atoms with Crippen LogP contribution in [0.5, 0.6) is 5.75 Å². The Morgan fingerprint density at radius 2 is 1.93 bits per heavy atom. The first-order chi connectivity index (χ1) is 6.81. The molecule has 0 bridgehead atoms. The molecular formula is C10H16N2O2. The quantitative estimate of drug-likeness (QED) is 0.541. The molecule has 0 heterocycles. The van der Waals surface area contributed by atoms with Crippen LogP contribution in [-0.4, -0.2) is 20.8 Å². The first kappa shape index (κ1) is 11.0. The topological polar surface area (TPSA) is 56.5 Å². The molecule has 0 saturated heterocycles. The highest BCUT2D eigenvalue weighted by atomic mass is 16.5. The number of rotatable bonds is 5. The first-order valence-corrected chi connectivity index (χ1v) is 4.40. The molecule has 4 heteroatoms. The van der Waals surface area contributed by atoms with Crippen molar-refractivity contribution in [3.05, 3.63) is 29.8 Å². The van der Waals surface area contributed by atoms with Gasteiger partial charge in [-0.2, -0.15) is 0 Å². The average Bonchev–Trinajstić information content (AvgIpc) is 2.26. The monoisotopic (exact) mass is 196 g/mol. The molecule has 0 saturated carbocycles. The van der Waals surface area contributed by atoms with E-state index < -0.39 is 0 Å². The molecule has 1 aromatic rings. The highest BCUT2D eigenvalue weighted by Crippen LogP contribution is 2.17. The molecule has 0 radical (unpaired) electrons. The standard InChI is InChI=1S/C10H16N2O2/c1-13-7-10(12-11)8-3-5-9(14-2)6-4-8/h3-6,10,12H,7,11H2,1-2H3. The third-order valence-corrected chi connectivity index (χ3v) is 2.05. The molecule has 3 N–H and O–H groups in total. The minimum atomic E-state index is 0.0194. The summed E-state index contributed by atoms with van der Waals surface area (Å²) in [4.78, 5) is 0. The van der Waals surface area contributed by atoms with Crippen LogP contribution in [0.1, 0.15) is 11.6 Å². The Bertz CT molecular complexity index is 261. The van der Waals surface area contributed by atoms with Crippen molar-refractivity contribution in [1.29, 1.82) is 0 Å². The van der Waals surface area contributed by atoms with Crippen LogP contribution < -0.4 is 16.0 Å². The van der Waals surface area contributed by atoms with Crippen LogP contribution in [0.25, 0.3) is 0 Å². The number of ether oxygens (including phenoxy) is 2. The van der Waals surface area contributed by atoms with Gasteiger partial charge in [-0.25, -0.2) is 0 Å². The number of nitrogens with two attached hydrogens (primary N) is 1. The second kappa shape index (κ2) is 5.59. The normalized spacial score (nSPS) is 12.5. The van der Waals surface area contributed by atoms with Gasteiger partial charge < -0.3 is 9.47 Å². The lowest BCUT2D eigenvalue weighted by Crippen LogP contribution is -2.31. The Labute approximate surface area is 84.0 Å². The fourth-order valence-electron chi connectivity index (χ4n) is 1.24. The number of hydrazine groups is 1. The van der Waals surface area contributed by atoms with Gasteiger partial charge in [-0.3, -0.25) is 11.3 Å². The molecule has 1 aromatic carbocycles. The van der Waals surface area contributed by atoms with Crippen molar-refractivity contribution < 1.29 is 9.47 Å². The van der Waals surface area contributed by atoms with Gasteiger partial charge in [0.05, 0.1) is 19.8 Å². The molecule has 78 valence electrons. The van der Waals surface area contributed by atoms with Gasteiger partial charge in [-0.1, -0.05) is 12.1 Å². The zero-order valence-electron chi connectivity index (χ0n) is 8.49. The van der Waals surface area contributed by atoms with Gasteiger partial charge in [0.15, 0.2) is 0 Å². The molecule has 4 nitrogen and oxygen atoms in total. The van der Waals surface area contributed by atoms with E-state index in [1.807, 2.05) is 24.3 Å². The molecule has 1 rings (SSSR count). The van der Waals surface area contributed by atoms with E-state index in [-0.39, 0.29) is 6.04 Å². The van der Waals surface area contributed by atoms with Gasteiger partial charge in [0.2, 0.25) is 0 Å². The summed E-state index contributed by atoms with van der Waals surface area (Å²) in [6.07, 6.45) is 0. The van der Waals surface area contributed by atoms with Gasteiger partial charge in [-0.05, 0) is 17.7 Å². The predicted molar refractivity (Wildman–Crippen MR) is 54.9 cm³/mol. The van der Waals surface area contributed by atoms with Crippen molar-refractivity contribution in [2.24, 2.45) is 5.84 Å². The van der Waals surface area contributed by atoms with Gasteiger partial charge in [0, 0.05) is 7.11 Å². The lowest BCUT2D eigenvalue weighted by atomic mass is 10.1. The maximum Gasteiger partial charge on any atom is 0.118 e. The fourth-order valence-corrected chi connectivity index (χ4v) is 1.24. The predicted octanol–water partition coefficient (Wildman–Crippen LogP) is 0.846. The number of methoxy groups -OCH3 is 2. The lowest BCUT2D eigenvalue weighted by Gasteiger charge is -2.15. The highest BCUT2D eigenvalue weighted by Gasteiger charge is 2.08. The van der Waals surface area contributed by atoms with Crippen LogP contribution in [0.2, 0.25) is 0 Å². The first-order valence-electron chi connectivity index (χ1n) is 4.40. The summed E-state index contributed by atoms with van der Waals surface area (Å²) in [5.41, 5.74) is 3.77. The molecule has 14 heavy (non-hydrogen) atoms. The summed E-state index contributed by atoms with van der Waals surface area (Å²) in [7, 11) is 3.29. The van der Waals surface area contributed by atoms with Crippen molar-refractivity contribution in [1.82, 2.24) is 5.43 Å². The summed E-state index contributed by atoms with van der Waals surface area (Å²) in [6.45, 7) is 0.544. The molecule has 0 aliphatic carbocycles. The molecule has 0 aliphatic heterocycles. The van der Waals surface area contributed by atoms with E-state index in [0.29, 0.717) is 6.61 Å². The molecule has 1 unspecified atom stereocenters. The van der Waals surface area contributed by atoms with Crippen LogP contribution >= 0.6 is 0 Å². The largest absolute Gasteiger partial charge is 0.497 e. The van der Waals surface area contributed by atoms with E-state index >= 15 is 0 Å². The summed E-state index contributed by atoms with van der Waals surface area (Å²) in [5.74, 6) is 6.24. The molecule has 0 amide bonds. The van der Waals surface area contributed by atoms with Crippen LogP contribution in [0.3, 0.4) is 0 Å². The van der Waals surface area contributed by atoms with Crippen molar-refractivity contribution in [3.63, 3.8) is 0 Å². The molecule has 0 aromatic heterocycles. The van der Waals surface area contributed by atoms with Crippen LogP contribution in [-0.2, 0) is 4.74 Å². The SMILES string of the molecule is COCC(NN)c1ccc(OC)cc1. The van der Waals surface area contributed by atoms with E-state index in [0.717, 1.165) is 11.3 Å². The summed E-state index contributed by atoms with van der Waals surface area (Å²) >= 11 is 0. The van der Waals surface area contributed by atoms with Crippen molar-refractivity contribution >= 4 is 0 Å². The van der Waals surface area contributed by atoms with Crippen molar-refractivity contribution in [2.45, 2.75) is 6.04 Å². The number of hydrogen-bond acceptors (Lipinski definition) is 4. The third kappa shape index (κ3) is 2.70. The van der Waals surface area contributed by atoms with Gasteiger partial charge in [0.25, 0.3) is 0 Å². The number of hydrogen-bond donors (Lipinski definition) is 2. The smallest absolute Gasteiger partial charge is 0.118 e. The average molecular weight is 196 g/mol. The molecular weight excluding hydrogens is 180 g/mol. The zero-order valence-corrected chi connectivity index (χ0v) is 8.49. The summed E-state index contributed by atoms with van der Waals surface area (Å²) in [6, 6.07) is 7.74. The Kier molecular flexibility index (Phi) is 4.39. The van der Waals surface area contributed by atoms with E-state index in [9.17, 15) is 0 Å². The molecule has 0 fully saturated rings. The van der Waals surface area contributed by atoms with Crippen LogP contribution in [0.4, 0.5) is 0 Å². The van der Waals surface area contributed by atoms with E-state index in [1.165, 1.54) is 0 Å². The maximum absolute atomic E-state index is 5.40. The van der Waals surface area contributed by atoms with Gasteiger partial charge in [-0.15, -0.1) is 0 Å². The van der Waals surface area contributed by atoms with Crippen molar-refractivity contribution in [2.75, 3.05) is 20.8 Å². The van der Waals surface area contributed by atoms with Gasteiger partial charge in [0.1, 0.15) is 5.75 Å².